The van der Waals surface area contributed by atoms with Gasteiger partial charge in [-0.15, -0.1) is 24.0 Å². The number of rotatable bonds is 8. The van der Waals surface area contributed by atoms with Crippen molar-refractivity contribution in [1.29, 1.82) is 0 Å². The SMILES string of the molecule is CCNC(=NCCCCN1C(=O)c2ccccc2C1=O)NC1CCN(C2CCCC2)CC1.I. The van der Waals surface area contributed by atoms with E-state index < -0.39 is 0 Å². The van der Waals surface area contributed by atoms with E-state index >= 15 is 0 Å². The van der Waals surface area contributed by atoms with Crippen molar-refractivity contribution in [3.8, 4) is 0 Å². The summed E-state index contributed by atoms with van der Waals surface area (Å²) < 4.78 is 0. The smallest absolute Gasteiger partial charge is 0.261 e. The predicted octanol–water partition coefficient (Wildman–Crippen LogP) is 3.64. The first kappa shape index (κ1) is 25.9. The Kier molecular flexibility index (Phi) is 9.97. The number of benzene rings is 1. The second-order valence-corrected chi connectivity index (χ2v) is 9.17. The Morgan fingerprint density at radius 3 is 2.24 bits per heavy atom. The van der Waals surface area contributed by atoms with E-state index in [1.165, 1.54) is 56.5 Å². The fourth-order valence-corrected chi connectivity index (χ4v) is 5.21. The van der Waals surface area contributed by atoms with Crippen LogP contribution in [0.2, 0.25) is 0 Å². The molecule has 0 aromatic heterocycles. The molecule has 2 aliphatic heterocycles. The first-order chi connectivity index (χ1) is 15.7. The molecule has 2 N–H and O–H groups in total. The second kappa shape index (κ2) is 12.7. The number of unbranched alkanes of at least 4 members (excludes halogenated alkanes) is 1. The minimum Gasteiger partial charge on any atom is -0.357 e. The molecule has 1 aromatic carbocycles. The molecule has 4 rings (SSSR count). The summed E-state index contributed by atoms with van der Waals surface area (Å²) >= 11 is 0. The molecule has 0 atom stereocenters. The monoisotopic (exact) mass is 567 g/mol. The van der Waals surface area contributed by atoms with Crippen LogP contribution in [0.3, 0.4) is 0 Å². The lowest BCUT2D eigenvalue weighted by Crippen LogP contribution is -2.50. The number of hydrogen-bond donors (Lipinski definition) is 2. The minimum atomic E-state index is -0.173. The molecule has 7 nitrogen and oxygen atoms in total. The largest absolute Gasteiger partial charge is 0.357 e. The fourth-order valence-electron chi connectivity index (χ4n) is 5.21. The normalized spacial score (nSPS) is 20.2. The van der Waals surface area contributed by atoms with Crippen molar-refractivity contribution in [1.82, 2.24) is 20.4 Å². The fraction of sp³-hybridized carbons (Fsp3) is 0.640. The summed E-state index contributed by atoms with van der Waals surface area (Å²) in [7, 11) is 0. The Bertz CT molecular complexity index is 797. The van der Waals surface area contributed by atoms with Crippen molar-refractivity contribution in [2.75, 3.05) is 32.7 Å². The van der Waals surface area contributed by atoms with Crippen molar-refractivity contribution >= 4 is 41.8 Å². The van der Waals surface area contributed by atoms with Crippen molar-refractivity contribution in [3.63, 3.8) is 0 Å². The van der Waals surface area contributed by atoms with Crippen LogP contribution in [-0.4, -0.2) is 72.4 Å². The second-order valence-electron chi connectivity index (χ2n) is 9.17. The summed E-state index contributed by atoms with van der Waals surface area (Å²) in [4.78, 5) is 33.7. The molecule has 1 aromatic rings. The third kappa shape index (κ3) is 6.47. The van der Waals surface area contributed by atoms with Crippen molar-refractivity contribution in [3.05, 3.63) is 35.4 Å². The zero-order chi connectivity index (χ0) is 22.3. The number of nitrogens with one attached hydrogen (secondary N) is 2. The zero-order valence-electron chi connectivity index (χ0n) is 19.7. The molecule has 3 aliphatic rings. The molecule has 0 spiro atoms. The molecule has 182 valence electrons. The van der Waals surface area contributed by atoms with Gasteiger partial charge < -0.3 is 15.5 Å². The number of halogens is 1. The summed E-state index contributed by atoms with van der Waals surface area (Å²) in [5.74, 6) is 0.536. The quantitative estimate of drug-likeness (QED) is 0.165. The number of likely N-dealkylation sites (tertiary alicyclic amines) is 1. The van der Waals surface area contributed by atoms with Crippen LogP contribution >= 0.6 is 24.0 Å². The standard InChI is InChI=1S/C25H37N5O2.HI/c1-2-26-25(28-19-13-17-29(18-14-19)20-9-3-4-10-20)27-15-7-8-16-30-23(31)21-11-5-6-12-22(21)24(30)32;/h5-6,11-12,19-20H,2-4,7-10,13-18H2,1H3,(H2,26,27,28);1H. The van der Waals surface area contributed by atoms with Crippen molar-refractivity contribution in [2.24, 2.45) is 4.99 Å². The summed E-state index contributed by atoms with van der Waals surface area (Å²) in [5, 5.41) is 6.98. The summed E-state index contributed by atoms with van der Waals surface area (Å²) in [6, 6.07) is 8.36. The van der Waals surface area contributed by atoms with Gasteiger partial charge in [-0.3, -0.25) is 19.5 Å². The molecular weight excluding hydrogens is 529 g/mol. The maximum Gasteiger partial charge on any atom is 0.261 e. The number of fused-ring (bicyclic) bond motifs is 1. The van der Waals surface area contributed by atoms with Crippen molar-refractivity contribution < 1.29 is 9.59 Å². The van der Waals surface area contributed by atoms with Gasteiger partial charge in [-0.05, 0) is 57.6 Å². The van der Waals surface area contributed by atoms with Gasteiger partial charge in [-0.25, -0.2) is 0 Å². The number of hydrogen-bond acceptors (Lipinski definition) is 4. The Hall–Kier alpha value is -1.68. The van der Waals surface area contributed by atoms with Crippen LogP contribution in [0.1, 0.15) is 79.0 Å². The van der Waals surface area contributed by atoms with E-state index in [0.717, 1.165) is 31.4 Å². The highest BCUT2D eigenvalue weighted by Crippen LogP contribution is 2.26. The number of amides is 2. The van der Waals surface area contributed by atoms with Crippen LogP contribution in [-0.2, 0) is 0 Å². The number of carbonyl (C=O) groups is 2. The molecule has 0 bridgehead atoms. The van der Waals surface area contributed by atoms with E-state index in [1.807, 2.05) is 0 Å². The maximum absolute atomic E-state index is 12.4. The third-order valence-corrected chi connectivity index (χ3v) is 6.99. The van der Waals surface area contributed by atoms with Gasteiger partial charge in [0, 0.05) is 44.8 Å². The number of guanidine groups is 1. The Balaban J connectivity index is 0.00000306. The number of piperidine rings is 1. The van der Waals surface area contributed by atoms with Crippen LogP contribution in [0.4, 0.5) is 0 Å². The van der Waals surface area contributed by atoms with E-state index in [9.17, 15) is 9.59 Å². The van der Waals surface area contributed by atoms with E-state index in [2.05, 4.69) is 22.5 Å². The average molecular weight is 568 g/mol. The van der Waals surface area contributed by atoms with E-state index in [1.54, 1.807) is 24.3 Å². The number of carbonyl (C=O) groups excluding carboxylic acids is 2. The highest BCUT2D eigenvalue weighted by molar-refractivity contribution is 14.0. The summed E-state index contributed by atoms with van der Waals surface area (Å²) in [5.41, 5.74) is 1.04. The molecule has 1 saturated heterocycles. The van der Waals surface area contributed by atoms with Crippen LogP contribution in [0, 0.1) is 0 Å². The molecule has 2 amide bonds. The Labute approximate surface area is 214 Å². The zero-order valence-corrected chi connectivity index (χ0v) is 22.1. The first-order valence-corrected chi connectivity index (χ1v) is 12.4. The molecule has 0 unspecified atom stereocenters. The lowest BCUT2D eigenvalue weighted by atomic mass is 10.0. The highest BCUT2D eigenvalue weighted by atomic mass is 127. The van der Waals surface area contributed by atoms with Crippen LogP contribution in [0.5, 0.6) is 0 Å². The Morgan fingerprint density at radius 2 is 1.64 bits per heavy atom. The topological polar surface area (TPSA) is 77.0 Å². The van der Waals surface area contributed by atoms with Gasteiger partial charge in [-0.2, -0.15) is 0 Å². The van der Waals surface area contributed by atoms with Gasteiger partial charge in [0.15, 0.2) is 5.96 Å². The lowest BCUT2D eigenvalue weighted by Gasteiger charge is -2.36. The van der Waals surface area contributed by atoms with Gasteiger partial charge in [0.25, 0.3) is 11.8 Å². The highest BCUT2D eigenvalue weighted by Gasteiger charge is 2.34. The Morgan fingerprint density at radius 1 is 1.00 bits per heavy atom. The van der Waals surface area contributed by atoms with Gasteiger partial charge in [0.2, 0.25) is 0 Å². The van der Waals surface area contributed by atoms with Gasteiger partial charge in [-0.1, -0.05) is 25.0 Å². The summed E-state index contributed by atoms with van der Waals surface area (Å²) in [6.07, 6.45) is 9.48. The van der Waals surface area contributed by atoms with Gasteiger partial charge in [0.05, 0.1) is 11.1 Å². The van der Waals surface area contributed by atoms with E-state index in [0.29, 0.717) is 30.3 Å². The molecule has 2 heterocycles. The van der Waals surface area contributed by atoms with E-state index in [-0.39, 0.29) is 35.8 Å². The molecule has 1 saturated carbocycles. The molecule has 8 heteroatoms. The van der Waals surface area contributed by atoms with Crippen LogP contribution in [0.25, 0.3) is 0 Å². The molecule has 0 radical (unpaired) electrons. The molecule has 2 fully saturated rings. The lowest BCUT2D eigenvalue weighted by molar-refractivity contribution is 0.0652. The van der Waals surface area contributed by atoms with Crippen LogP contribution in [0.15, 0.2) is 29.3 Å². The average Bonchev–Trinajstić information content (AvgIpc) is 3.43. The third-order valence-electron chi connectivity index (χ3n) is 6.99. The molecule has 33 heavy (non-hydrogen) atoms. The van der Waals surface area contributed by atoms with Crippen molar-refractivity contribution in [2.45, 2.75) is 70.4 Å². The molecular formula is C25H38IN5O2. The summed E-state index contributed by atoms with van der Waals surface area (Å²) in [6.45, 7) is 6.42. The van der Waals surface area contributed by atoms with Gasteiger partial charge in [0.1, 0.15) is 0 Å². The number of imide groups is 1. The maximum atomic E-state index is 12.4. The number of aliphatic imine (C=N–C) groups is 1. The van der Waals surface area contributed by atoms with E-state index in [4.69, 9.17) is 4.99 Å². The van der Waals surface area contributed by atoms with Crippen LogP contribution < -0.4 is 10.6 Å². The number of nitrogens with zero attached hydrogens (tertiary/aromatic N) is 3. The predicted molar refractivity (Wildman–Crippen MR) is 142 cm³/mol. The van der Waals surface area contributed by atoms with Gasteiger partial charge >= 0.3 is 0 Å². The molecule has 1 aliphatic carbocycles. The minimum absolute atomic E-state index is 0. The first-order valence-electron chi connectivity index (χ1n) is 12.4.